The fourth-order valence-corrected chi connectivity index (χ4v) is 1.60. The van der Waals surface area contributed by atoms with E-state index in [0.717, 1.165) is 6.04 Å². The molecule has 1 heterocycles. The average molecular weight is 153 g/mol. The lowest BCUT2D eigenvalue weighted by molar-refractivity contribution is 0.230. The summed E-state index contributed by atoms with van der Waals surface area (Å²) in [4.78, 5) is 2.44. The van der Waals surface area contributed by atoms with E-state index < -0.39 is 0 Å². The van der Waals surface area contributed by atoms with E-state index in [1.807, 2.05) is 0 Å². The Morgan fingerprint density at radius 1 is 1.45 bits per heavy atom. The molecule has 1 rings (SSSR count). The summed E-state index contributed by atoms with van der Waals surface area (Å²) in [6.07, 6.45) is 2.56. The summed E-state index contributed by atoms with van der Waals surface area (Å²) in [6, 6.07) is 0.744. The molecular weight excluding hydrogens is 134 g/mol. The number of hydrogen-bond donors (Lipinski definition) is 0. The van der Waals surface area contributed by atoms with E-state index in [0.29, 0.717) is 0 Å². The fraction of sp³-hybridized carbons (Fsp3) is 0.800. The lowest BCUT2D eigenvalue weighted by Gasteiger charge is -2.32. The molecule has 0 aromatic heterocycles. The maximum absolute atomic E-state index is 2.44. The quantitative estimate of drug-likeness (QED) is 0.483. The summed E-state index contributed by atoms with van der Waals surface area (Å²) in [5.74, 6) is 0. The summed E-state index contributed by atoms with van der Waals surface area (Å²) >= 11 is 0. The molecule has 0 aliphatic carbocycles. The van der Waals surface area contributed by atoms with Crippen LogP contribution in [-0.4, -0.2) is 24.5 Å². The van der Waals surface area contributed by atoms with Crippen LogP contribution < -0.4 is 0 Å². The Kier molecular flexibility index (Phi) is 2.72. The highest BCUT2D eigenvalue weighted by Crippen LogP contribution is 2.22. The van der Waals surface area contributed by atoms with Crippen molar-refractivity contribution in [1.29, 1.82) is 0 Å². The van der Waals surface area contributed by atoms with Gasteiger partial charge in [-0.1, -0.05) is 11.1 Å². The predicted molar refractivity (Wildman–Crippen MR) is 49.7 cm³/mol. The highest BCUT2D eigenvalue weighted by molar-refractivity contribution is 5.13. The van der Waals surface area contributed by atoms with E-state index in [9.17, 15) is 0 Å². The highest BCUT2D eigenvalue weighted by Gasteiger charge is 2.17. The van der Waals surface area contributed by atoms with Crippen LogP contribution >= 0.6 is 0 Å². The van der Waals surface area contributed by atoms with E-state index in [1.54, 1.807) is 5.57 Å². The number of piperidine rings is 1. The van der Waals surface area contributed by atoms with Gasteiger partial charge < -0.3 is 4.90 Å². The van der Waals surface area contributed by atoms with Crippen LogP contribution in [0.25, 0.3) is 0 Å². The van der Waals surface area contributed by atoms with Crippen molar-refractivity contribution in [3.05, 3.63) is 11.1 Å². The molecular formula is C10H19N. The largest absolute Gasteiger partial charge is 0.303 e. The Morgan fingerprint density at radius 2 is 2.09 bits per heavy atom. The second-order valence-electron chi connectivity index (χ2n) is 3.89. The van der Waals surface area contributed by atoms with Gasteiger partial charge in [-0.05, 0) is 40.7 Å². The van der Waals surface area contributed by atoms with Gasteiger partial charge in [-0.15, -0.1) is 0 Å². The minimum Gasteiger partial charge on any atom is -0.303 e. The minimum atomic E-state index is 0.744. The zero-order valence-corrected chi connectivity index (χ0v) is 8.15. The number of nitrogens with zero attached hydrogens (tertiary/aromatic N) is 1. The molecule has 0 aromatic carbocycles. The first kappa shape index (κ1) is 8.79. The van der Waals surface area contributed by atoms with Crippen molar-refractivity contribution >= 4 is 0 Å². The standard InChI is InChI=1S/C10H19N/c1-8(2)10-5-6-11(4)9(3)7-10/h9H,5-7H2,1-4H3. The summed E-state index contributed by atoms with van der Waals surface area (Å²) in [7, 11) is 2.21. The van der Waals surface area contributed by atoms with Crippen molar-refractivity contribution < 1.29 is 0 Å². The minimum absolute atomic E-state index is 0.744. The van der Waals surface area contributed by atoms with Gasteiger partial charge in [0.2, 0.25) is 0 Å². The molecule has 1 aliphatic rings. The normalized spacial score (nSPS) is 27.3. The Hall–Kier alpha value is -0.300. The SMILES string of the molecule is CC(C)=C1CCN(C)C(C)C1. The zero-order chi connectivity index (χ0) is 8.43. The van der Waals surface area contributed by atoms with Crippen molar-refractivity contribution in [1.82, 2.24) is 4.90 Å². The fourth-order valence-electron chi connectivity index (χ4n) is 1.60. The molecule has 0 aromatic rings. The second-order valence-corrected chi connectivity index (χ2v) is 3.89. The van der Waals surface area contributed by atoms with E-state index in [4.69, 9.17) is 0 Å². The molecule has 0 radical (unpaired) electrons. The van der Waals surface area contributed by atoms with Gasteiger partial charge in [-0.2, -0.15) is 0 Å². The van der Waals surface area contributed by atoms with Gasteiger partial charge in [0, 0.05) is 12.6 Å². The van der Waals surface area contributed by atoms with Crippen LogP contribution in [0.4, 0.5) is 0 Å². The number of allylic oxidation sites excluding steroid dienone is 1. The average Bonchev–Trinajstić information content (AvgIpc) is 1.94. The molecule has 1 heteroatoms. The summed E-state index contributed by atoms with van der Waals surface area (Å²) in [6.45, 7) is 8.00. The first-order chi connectivity index (χ1) is 5.11. The van der Waals surface area contributed by atoms with Gasteiger partial charge in [0.15, 0.2) is 0 Å². The van der Waals surface area contributed by atoms with Crippen molar-refractivity contribution in [2.45, 2.75) is 39.7 Å². The zero-order valence-electron chi connectivity index (χ0n) is 8.15. The second kappa shape index (κ2) is 3.40. The molecule has 0 N–H and O–H groups in total. The third kappa shape index (κ3) is 2.06. The maximum atomic E-state index is 2.44. The molecule has 0 bridgehead atoms. The van der Waals surface area contributed by atoms with Crippen molar-refractivity contribution in [3.8, 4) is 0 Å². The summed E-state index contributed by atoms with van der Waals surface area (Å²) in [5.41, 5.74) is 3.21. The first-order valence-electron chi connectivity index (χ1n) is 4.46. The Morgan fingerprint density at radius 3 is 2.55 bits per heavy atom. The highest BCUT2D eigenvalue weighted by atomic mass is 15.1. The van der Waals surface area contributed by atoms with Crippen LogP contribution in [0.5, 0.6) is 0 Å². The van der Waals surface area contributed by atoms with Crippen LogP contribution in [0.15, 0.2) is 11.1 Å². The number of rotatable bonds is 0. The van der Waals surface area contributed by atoms with Crippen LogP contribution in [0.1, 0.15) is 33.6 Å². The van der Waals surface area contributed by atoms with Gasteiger partial charge in [-0.25, -0.2) is 0 Å². The monoisotopic (exact) mass is 153 g/mol. The van der Waals surface area contributed by atoms with Crippen molar-refractivity contribution in [2.75, 3.05) is 13.6 Å². The molecule has 1 saturated heterocycles. The molecule has 1 fully saturated rings. The molecule has 1 aliphatic heterocycles. The van der Waals surface area contributed by atoms with Gasteiger partial charge in [0.1, 0.15) is 0 Å². The van der Waals surface area contributed by atoms with Gasteiger partial charge in [-0.3, -0.25) is 0 Å². The van der Waals surface area contributed by atoms with E-state index >= 15 is 0 Å². The van der Waals surface area contributed by atoms with E-state index in [2.05, 4.69) is 32.7 Å². The molecule has 1 atom stereocenters. The van der Waals surface area contributed by atoms with Crippen LogP contribution in [0.3, 0.4) is 0 Å². The van der Waals surface area contributed by atoms with Crippen molar-refractivity contribution in [2.24, 2.45) is 0 Å². The first-order valence-corrected chi connectivity index (χ1v) is 4.46. The van der Waals surface area contributed by atoms with Gasteiger partial charge in [0.05, 0.1) is 0 Å². The van der Waals surface area contributed by atoms with Gasteiger partial charge >= 0.3 is 0 Å². The lowest BCUT2D eigenvalue weighted by atomic mass is 9.95. The van der Waals surface area contributed by atoms with Crippen LogP contribution in [-0.2, 0) is 0 Å². The lowest BCUT2D eigenvalue weighted by Crippen LogP contribution is -2.34. The Labute approximate surface area is 70.1 Å². The van der Waals surface area contributed by atoms with Gasteiger partial charge in [0.25, 0.3) is 0 Å². The predicted octanol–water partition coefficient (Wildman–Crippen LogP) is 2.44. The molecule has 1 unspecified atom stereocenters. The molecule has 0 saturated carbocycles. The third-order valence-corrected chi connectivity index (χ3v) is 2.77. The molecule has 0 amide bonds. The number of hydrogen-bond acceptors (Lipinski definition) is 1. The smallest absolute Gasteiger partial charge is 0.0101 e. The van der Waals surface area contributed by atoms with Crippen LogP contribution in [0, 0.1) is 0 Å². The summed E-state index contributed by atoms with van der Waals surface area (Å²) in [5, 5.41) is 0. The third-order valence-electron chi connectivity index (χ3n) is 2.77. The molecule has 11 heavy (non-hydrogen) atoms. The number of likely N-dealkylation sites (tertiary alicyclic amines) is 1. The summed E-state index contributed by atoms with van der Waals surface area (Å²) < 4.78 is 0. The van der Waals surface area contributed by atoms with Crippen molar-refractivity contribution in [3.63, 3.8) is 0 Å². The molecule has 0 spiro atoms. The Balaban J connectivity index is 2.60. The molecule has 64 valence electrons. The van der Waals surface area contributed by atoms with Crippen LogP contribution in [0.2, 0.25) is 0 Å². The molecule has 1 nitrogen and oxygen atoms in total. The Bertz CT molecular complexity index is 166. The van der Waals surface area contributed by atoms with E-state index in [-0.39, 0.29) is 0 Å². The maximum Gasteiger partial charge on any atom is 0.0101 e. The van der Waals surface area contributed by atoms with E-state index in [1.165, 1.54) is 25.0 Å². The topological polar surface area (TPSA) is 3.24 Å².